The summed E-state index contributed by atoms with van der Waals surface area (Å²) in [6.07, 6.45) is 1.15. The first-order chi connectivity index (χ1) is 11.0. The minimum absolute atomic E-state index is 0.159. The van der Waals surface area contributed by atoms with Gasteiger partial charge in [-0.05, 0) is 17.1 Å². The van der Waals surface area contributed by atoms with Crippen molar-refractivity contribution < 1.29 is 4.92 Å². The molecule has 12 heteroatoms. The number of hydrogen-bond donors (Lipinski definition) is 2. The molecule has 3 aromatic rings. The van der Waals surface area contributed by atoms with Crippen LogP contribution in [0.1, 0.15) is 0 Å². The van der Waals surface area contributed by atoms with Gasteiger partial charge in [-0.3, -0.25) is 4.99 Å². The van der Waals surface area contributed by atoms with Crippen LogP contribution in [-0.4, -0.2) is 47.3 Å². The summed E-state index contributed by atoms with van der Waals surface area (Å²) in [7, 11) is 3.06. The van der Waals surface area contributed by atoms with Gasteiger partial charge in [-0.25, -0.2) is 9.55 Å². The first kappa shape index (κ1) is 14.4. The lowest BCUT2D eigenvalue weighted by molar-refractivity contribution is -0.391. The van der Waals surface area contributed by atoms with Crippen LogP contribution in [-0.2, 0) is 7.05 Å². The van der Waals surface area contributed by atoms with Gasteiger partial charge in [0, 0.05) is 7.05 Å². The fourth-order valence-electron chi connectivity index (χ4n) is 1.96. The Balaban J connectivity index is 2.11. The molecule has 3 aromatic heterocycles. The second-order valence-electron chi connectivity index (χ2n) is 4.50. The Morgan fingerprint density at radius 3 is 2.83 bits per heavy atom. The van der Waals surface area contributed by atoms with E-state index in [1.54, 1.807) is 12.1 Å². The Hall–Kier alpha value is -3.57. The third-order valence-electron chi connectivity index (χ3n) is 3.11. The first-order valence-electron chi connectivity index (χ1n) is 6.39. The fraction of sp³-hybridized carbons (Fsp3) is 0.182. The number of nitrogens with zero attached hydrogens (tertiary/aromatic N) is 8. The topological polar surface area (TPSA) is 154 Å². The summed E-state index contributed by atoms with van der Waals surface area (Å²) in [6.45, 7) is 0. The molecule has 0 aromatic carbocycles. The number of rotatable bonds is 3. The molecule has 3 rings (SSSR count). The Bertz CT molecular complexity index is 924. The van der Waals surface area contributed by atoms with Crippen molar-refractivity contribution in [1.29, 1.82) is 0 Å². The third kappa shape index (κ3) is 2.41. The van der Waals surface area contributed by atoms with Crippen molar-refractivity contribution in [2.24, 2.45) is 17.8 Å². The van der Waals surface area contributed by atoms with Crippen LogP contribution in [0.2, 0.25) is 0 Å². The van der Waals surface area contributed by atoms with Crippen LogP contribution in [0, 0.1) is 10.1 Å². The van der Waals surface area contributed by atoms with E-state index < -0.39 is 4.92 Å². The average molecular weight is 316 g/mol. The van der Waals surface area contributed by atoms with Gasteiger partial charge in [-0.15, -0.1) is 15.3 Å². The molecule has 0 amide bonds. The lowest BCUT2D eigenvalue weighted by Gasteiger charge is -2.04. The number of nitrogens with one attached hydrogen (secondary N) is 1. The molecular formula is C11H12N10O2. The molecule has 0 radical (unpaired) electrons. The SMILES string of the molecule is CN=C(N)Nc1ccc2nnc(-c3ncc([N+](=O)[O-])n3C)n2n1. The monoisotopic (exact) mass is 316 g/mol. The number of imidazole rings is 1. The van der Waals surface area contributed by atoms with Crippen molar-refractivity contribution in [3.05, 3.63) is 28.4 Å². The normalized spacial score (nSPS) is 11.8. The van der Waals surface area contributed by atoms with Crippen molar-refractivity contribution in [2.75, 3.05) is 12.4 Å². The van der Waals surface area contributed by atoms with E-state index in [1.807, 2.05) is 0 Å². The van der Waals surface area contributed by atoms with Crippen molar-refractivity contribution in [3.63, 3.8) is 0 Å². The molecule has 0 aliphatic rings. The maximum Gasteiger partial charge on any atom is 0.343 e. The first-order valence-corrected chi connectivity index (χ1v) is 6.39. The number of aromatic nitrogens is 6. The molecule has 0 fully saturated rings. The molecule has 0 atom stereocenters. The molecule has 0 saturated carbocycles. The van der Waals surface area contributed by atoms with Crippen LogP contribution < -0.4 is 11.1 Å². The quantitative estimate of drug-likeness (QED) is 0.291. The molecule has 0 bridgehead atoms. The Morgan fingerprint density at radius 2 is 2.17 bits per heavy atom. The van der Waals surface area contributed by atoms with Crippen molar-refractivity contribution in [2.45, 2.75) is 0 Å². The van der Waals surface area contributed by atoms with Gasteiger partial charge in [0.05, 0.1) is 7.05 Å². The lowest BCUT2D eigenvalue weighted by atomic mass is 10.5. The molecule has 0 saturated heterocycles. The maximum atomic E-state index is 10.9. The van der Waals surface area contributed by atoms with Crippen molar-refractivity contribution in [1.82, 2.24) is 29.4 Å². The fourth-order valence-corrected chi connectivity index (χ4v) is 1.96. The molecule has 3 heterocycles. The number of guanidine groups is 1. The van der Waals surface area contributed by atoms with Crippen molar-refractivity contribution >= 4 is 23.2 Å². The Labute approximate surface area is 128 Å². The molecular weight excluding hydrogens is 304 g/mol. The highest BCUT2D eigenvalue weighted by Crippen LogP contribution is 2.21. The van der Waals surface area contributed by atoms with Gasteiger partial charge in [0.2, 0.25) is 5.82 Å². The summed E-state index contributed by atoms with van der Waals surface area (Å²) in [4.78, 5) is 18.2. The highest BCUT2D eigenvalue weighted by atomic mass is 16.6. The summed E-state index contributed by atoms with van der Waals surface area (Å²) >= 11 is 0. The van der Waals surface area contributed by atoms with Crippen LogP contribution >= 0.6 is 0 Å². The summed E-state index contributed by atoms with van der Waals surface area (Å²) in [5, 5.41) is 26.0. The Kier molecular flexibility index (Phi) is 3.33. The lowest BCUT2D eigenvalue weighted by Crippen LogP contribution is -2.23. The van der Waals surface area contributed by atoms with E-state index in [1.165, 1.54) is 23.2 Å². The van der Waals surface area contributed by atoms with Crippen LogP contribution in [0.4, 0.5) is 11.6 Å². The molecule has 0 spiro atoms. The highest BCUT2D eigenvalue weighted by molar-refractivity contribution is 5.91. The predicted octanol–water partition coefficient (Wildman–Crippen LogP) is -0.211. The van der Waals surface area contributed by atoms with E-state index in [-0.39, 0.29) is 23.4 Å². The largest absolute Gasteiger partial charge is 0.370 e. The van der Waals surface area contributed by atoms with Gasteiger partial charge in [-0.2, -0.15) is 4.52 Å². The average Bonchev–Trinajstić information content (AvgIpc) is 3.10. The molecule has 12 nitrogen and oxygen atoms in total. The van der Waals surface area contributed by atoms with Crippen LogP contribution in [0.3, 0.4) is 0 Å². The molecule has 3 N–H and O–H groups in total. The zero-order valence-electron chi connectivity index (χ0n) is 12.2. The second-order valence-corrected chi connectivity index (χ2v) is 4.50. The van der Waals surface area contributed by atoms with Gasteiger partial charge in [-0.1, -0.05) is 0 Å². The number of anilines is 1. The number of fused-ring (bicyclic) bond motifs is 1. The molecule has 0 aliphatic carbocycles. The standard InChI is InChI=1S/C11H12N10O2/c1-13-11(12)15-6-3-4-7-16-17-10(20(7)18-6)9-14-5-8(19(9)2)21(22)23/h3-5H,1-2H3,(H3,12,13,15,18). The number of nitro groups is 1. The Morgan fingerprint density at radius 1 is 1.39 bits per heavy atom. The van der Waals surface area contributed by atoms with E-state index in [0.29, 0.717) is 11.5 Å². The van der Waals surface area contributed by atoms with Crippen LogP contribution in [0.25, 0.3) is 17.3 Å². The van der Waals surface area contributed by atoms with Crippen molar-refractivity contribution in [3.8, 4) is 11.6 Å². The maximum absolute atomic E-state index is 10.9. The zero-order chi connectivity index (χ0) is 16.6. The van der Waals surface area contributed by atoms with E-state index in [2.05, 4.69) is 30.6 Å². The van der Waals surface area contributed by atoms with E-state index >= 15 is 0 Å². The second kappa shape index (κ2) is 5.32. The summed E-state index contributed by atoms with van der Waals surface area (Å²) in [5.74, 6) is 0.995. The number of aliphatic imine (C=N–C) groups is 1. The van der Waals surface area contributed by atoms with Crippen LogP contribution in [0.15, 0.2) is 23.3 Å². The van der Waals surface area contributed by atoms with E-state index in [4.69, 9.17) is 5.73 Å². The number of nitrogens with two attached hydrogens (primary N) is 1. The summed E-state index contributed by atoms with van der Waals surface area (Å²) < 4.78 is 2.72. The third-order valence-corrected chi connectivity index (χ3v) is 3.11. The van der Waals surface area contributed by atoms with Gasteiger partial charge in [0.25, 0.3) is 5.82 Å². The molecule has 0 unspecified atom stereocenters. The number of hydrogen-bond acceptors (Lipinski definition) is 7. The zero-order valence-corrected chi connectivity index (χ0v) is 12.2. The molecule has 0 aliphatic heterocycles. The smallest absolute Gasteiger partial charge is 0.343 e. The van der Waals surface area contributed by atoms with E-state index in [0.717, 1.165) is 6.20 Å². The van der Waals surface area contributed by atoms with Gasteiger partial charge in [0.15, 0.2) is 17.4 Å². The van der Waals surface area contributed by atoms with Crippen LogP contribution in [0.5, 0.6) is 0 Å². The molecule has 118 valence electrons. The van der Waals surface area contributed by atoms with Gasteiger partial charge in [0.1, 0.15) is 6.20 Å². The van der Waals surface area contributed by atoms with E-state index in [9.17, 15) is 10.1 Å². The minimum atomic E-state index is -0.529. The predicted molar refractivity (Wildman–Crippen MR) is 80.8 cm³/mol. The minimum Gasteiger partial charge on any atom is -0.370 e. The molecule has 23 heavy (non-hydrogen) atoms. The highest BCUT2D eigenvalue weighted by Gasteiger charge is 2.23. The van der Waals surface area contributed by atoms with Gasteiger partial charge >= 0.3 is 5.82 Å². The summed E-state index contributed by atoms with van der Waals surface area (Å²) in [5.41, 5.74) is 6.06. The van der Waals surface area contributed by atoms with Gasteiger partial charge < -0.3 is 21.2 Å². The summed E-state index contributed by atoms with van der Waals surface area (Å²) in [6, 6.07) is 3.33.